The summed E-state index contributed by atoms with van der Waals surface area (Å²) < 4.78 is 4.52. The number of fused-ring (bicyclic) bond motifs is 1. The topological polar surface area (TPSA) is 52.7 Å². The minimum Gasteiger partial charge on any atom is -0.336 e. The summed E-state index contributed by atoms with van der Waals surface area (Å²) in [5.74, 6) is 1.43. The van der Waals surface area contributed by atoms with Gasteiger partial charge in [-0.1, -0.05) is 0 Å². The number of imidazole rings is 1. The predicted octanol–water partition coefficient (Wildman–Crippen LogP) is 2.50. The summed E-state index contributed by atoms with van der Waals surface area (Å²) in [6.07, 6.45) is 7.70. The molecule has 0 amide bonds. The molecule has 1 atom stereocenters. The van der Waals surface area contributed by atoms with E-state index in [2.05, 4.69) is 9.97 Å². The van der Waals surface area contributed by atoms with Gasteiger partial charge in [0.25, 0.3) is 5.56 Å². The van der Waals surface area contributed by atoms with Crippen LogP contribution in [0.25, 0.3) is 10.2 Å². The molecule has 0 unspecified atom stereocenters. The van der Waals surface area contributed by atoms with Crippen LogP contribution in [-0.4, -0.2) is 19.1 Å². The molecule has 4 rings (SSSR count). The van der Waals surface area contributed by atoms with E-state index in [1.807, 2.05) is 30.1 Å². The first-order valence-electron chi connectivity index (χ1n) is 7.09. The third-order valence-corrected chi connectivity index (χ3v) is 5.25. The maximum atomic E-state index is 12.8. The molecule has 0 saturated heterocycles. The van der Waals surface area contributed by atoms with Crippen molar-refractivity contribution in [2.75, 3.05) is 0 Å². The molecule has 108 valence electrons. The molecular formula is C15H16N4OS. The first kappa shape index (κ1) is 12.8. The van der Waals surface area contributed by atoms with Crippen molar-refractivity contribution in [1.82, 2.24) is 19.1 Å². The summed E-state index contributed by atoms with van der Waals surface area (Å²) in [6.45, 7) is 1.99. The molecule has 0 bridgehead atoms. The molecule has 3 aromatic rings. The SMILES string of the molecule is Cc1csc2c(=O)n([C@@H](c3nccn3C)C3CC3)cnc12. The van der Waals surface area contributed by atoms with Gasteiger partial charge in [-0.15, -0.1) is 11.3 Å². The van der Waals surface area contributed by atoms with Gasteiger partial charge in [-0.2, -0.15) is 0 Å². The van der Waals surface area contributed by atoms with E-state index >= 15 is 0 Å². The molecule has 0 radical (unpaired) electrons. The Bertz CT molecular complexity index is 871. The summed E-state index contributed by atoms with van der Waals surface area (Å²) in [5.41, 5.74) is 1.95. The Morgan fingerprint density at radius 3 is 2.86 bits per heavy atom. The predicted molar refractivity (Wildman–Crippen MR) is 82.7 cm³/mol. The van der Waals surface area contributed by atoms with Gasteiger partial charge in [0.1, 0.15) is 10.5 Å². The third-order valence-electron chi connectivity index (χ3n) is 4.17. The normalized spacial score (nSPS) is 16.5. The molecule has 1 aliphatic rings. The van der Waals surface area contributed by atoms with Gasteiger partial charge < -0.3 is 4.57 Å². The van der Waals surface area contributed by atoms with Gasteiger partial charge in [0.15, 0.2) is 0 Å². The van der Waals surface area contributed by atoms with Crippen LogP contribution in [-0.2, 0) is 7.05 Å². The summed E-state index contributed by atoms with van der Waals surface area (Å²) in [4.78, 5) is 21.8. The first-order valence-corrected chi connectivity index (χ1v) is 7.97. The smallest absolute Gasteiger partial charge is 0.271 e. The number of thiophene rings is 1. The summed E-state index contributed by atoms with van der Waals surface area (Å²) in [7, 11) is 1.98. The summed E-state index contributed by atoms with van der Waals surface area (Å²) >= 11 is 1.48. The van der Waals surface area contributed by atoms with Crippen molar-refractivity contribution in [3.63, 3.8) is 0 Å². The quantitative estimate of drug-likeness (QED) is 0.747. The van der Waals surface area contributed by atoms with Crippen molar-refractivity contribution in [3.05, 3.63) is 45.8 Å². The highest BCUT2D eigenvalue weighted by Gasteiger charge is 2.37. The van der Waals surface area contributed by atoms with Crippen LogP contribution in [0.4, 0.5) is 0 Å². The molecule has 3 heterocycles. The van der Waals surface area contributed by atoms with Crippen LogP contribution in [0.15, 0.2) is 28.9 Å². The number of rotatable bonds is 3. The number of hydrogen-bond donors (Lipinski definition) is 0. The Labute approximate surface area is 125 Å². The van der Waals surface area contributed by atoms with Crippen LogP contribution in [0.3, 0.4) is 0 Å². The molecule has 3 aromatic heterocycles. The Kier molecular flexibility index (Phi) is 2.75. The Balaban J connectivity index is 1.93. The zero-order valence-electron chi connectivity index (χ0n) is 12.0. The lowest BCUT2D eigenvalue weighted by Crippen LogP contribution is -2.28. The lowest BCUT2D eigenvalue weighted by molar-refractivity contribution is 0.463. The van der Waals surface area contributed by atoms with Gasteiger partial charge in [0, 0.05) is 19.4 Å². The van der Waals surface area contributed by atoms with Crippen LogP contribution < -0.4 is 5.56 Å². The second-order valence-corrected chi connectivity index (χ2v) is 6.61. The third kappa shape index (κ3) is 1.93. The molecule has 1 fully saturated rings. The Morgan fingerprint density at radius 1 is 1.38 bits per heavy atom. The number of aryl methyl sites for hydroxylation is 2. The Morgan fingerprint density at radius 2 is 2.19 bits per heavy atom. The molecule has 1 aliphatic carbocycles. The summed E-state index contributed by atoms with van der Waals surface area (Å²) in [5, 5.41) is 2.00. The van der Waals surface area contributed by atoms with E-state index in [1.165, 1.54) is 11.3 Å². The van der Waals surface area contributed by atoms with Crippen LogP contribution in [0.5, 0.6) is 0 Å². The first-order chi connectivity index (χ1) is 10.2. The van der Waals surface area contributed by atoms with E-state index in [0.29, 0.717) is 5.92 Å². The van der Waals surface area contributed by atoms with Gasteiger partial charge in [-0.25, -0.2) is 9.97 Å². The standard InChI is InChI=1S/C15H16N4OS/c1-9-7-21-13-11(9)17-8-19(15(13)20)12(10-3-4-10)14-16-5-6-18(14)2/h5-8,10,12H,3-4H2,1-2H3/t12-/m1/s1. The molecule has 0 aliphatic heterocycles. The van der Waals surface area contributed by atoms with Crippen molar-refractivity contribution in [3.8, 4) is 0 Å². The second-order valence-electron chi connectivity index (χ2n) is 5.73. The minimum absolute atomic E-state index is 0.00296. The van der Waals surface area contributed by atoms with Crippen LogP contribution in [0.1, 0.15) is 30.3 Å². The number of nitrogens with zero attached hydrogens (tertiary/aromatic N) is 4. The fourth-order valence-corrected chi connectivity index (χ4v) is 3.81. The monoisotopic (exact) mass is 300 g/mol. The van der Waals surface area contributed by atoms with E-state index in [9.17, 15) is 4.79 Å². The van der Waals surface area contributed by atoms with Crippen molar-refractivity contribution < 1.29 is 0 Å². The van der Waals surface area contributed by atoms with Crippen molar-refractivity contribution in [2.45, 2.75) is 25.8 Å². The molecule has 0 spiro atoms. The molecule has 0 N–H and O–H groups in total. The molecule has 21 heavy (non-hydrogen) atoms. The molecule has 5 nitrogen and oxygen atoms in total. The van der Waals surface area contributed by atoms with Crippen LogP contribution in [0, 0.1) is 12.8 Å². The van der Waals surface area contributed by atoms with E-state index in [4.69, 9.17) is 0 Å². The van der Waals surface area contributed by atoms with Gasteiger partial charge in [-0.3, -0.25) is 9.36 Å². The molecular weight excluding hydrogens is 284 g/mol. The lowest BCUT2D eigenvalue weighted by atomic mass is 10.1. The average Bonchev–Trinajstić information content (AvgIpc) is 3.11. The maximum absolute atomic E-state index is 12.8. The van der Waals surface area contributed by atoms with Crippen molar-refractivity contribution in [2.24, 2.45) is 13.0 Å². The van der Waals surface area contributed by atoms with Gasteiger partial charge in [0.2, 0.25) is 0 Å². The lowest BCUT2D eigenvalue weighted by Gasteiger charge is -2.18. The maximum Gasteiger partial charge on any atom is 0.271 e. The molecule has 1 saturated carbocycles. The zero-order chi connectivity index (χ0) is 14.6. The fourth-order valence-electron chi connectivity index (χ4n) is 2.87. The number of hydrogen-bond acceptors (Lipinski definition) is 4. The molecule has 0 aromatic carbocycles. The van der Waals surface area contributed by atoms with E-state index in [0.717, 1.165) is 34.4 Å². The fraction of sp³-hybridized carbons (Fsp3) is 0.400. The van der Waals surface area contributed by atoms with E-state index in [-0.39, 0.29) is 11.6 Å². The highest BCUT2D eigenvalue weighted by Crippen LogP contribution is 2.42. The minimum atomic E-state index is -0.00296. The van der Waals surface area contributed by atoms with Crippen LogP contribution >= 0.6 is 11.3 Å². The highest BCUT2D eigenvalue weighted by molar-refractivity contribution is 7.17. The van der Waals surface area contributed by atoms with Crippen molar-refractivity contribution >= 4 is 21.6 Å². The van der Waals surface area contributed by atoms with Gasteiger partial charge in [-0.05, 0) is 36.6 Å². The number of aromatic nitrogens is 4. The van der Waals surface area contributed by atoms with Crippen LogP contribution in [0.2, 0.25) is 0 Å². The van der Waals surface area contributed by atoms with Gasteiger partial charge >= 0.3 is 0 Å². The molecule has 6 heteroatoms. The Hall–Kier alpha value is -1.95. The van der Waals surface area contributed by atoms with E-state index in [1.54, 1.807) is 17.1 Å². The van der Waals surface area contributed by atoms with Crippen molar-refractivity contribution in [1.29, 1.82) is 0 Å². The zero-order valence-corrected chi connectivity index (χ0v) is 12.8. The second kappa shape index (κ2) is 4.53. The largest absolute Gasteiger partial charge is 0.336 e. The highest BCUT2D eigenvalue weighted by atomic mass is 32.1. The van der Waals surface area contributed by atoms with Gasteiger partial charge in [0.05, 0.1) is 17.9 Å². The van der Waals surface area contributed by atoms with E-state index < -0.39 is 0 Å². The summed E-state index contributed by atoms with van der Waals surface area (Å²) in [6, 6.07) is -0.00296. The average molecular weight is 300 g/mol.